The highest BCUT2D eigenvalue weighted by atomic mass is 35.5. The summed E-state index contributed by atoms with van der Waals surface area (Å²) in [5.74, 6) is 2.14. The average Bonchev–Trinajstić information content (AvgIpc) is 2.83. The topological polar surface area (TPSA) is 19.4 Å². The van der Waals surface area contributed by atoms with Gasteiger partial charge in [-0.3, -0.25) is 4.90 Å². The van der Waals surface area contributed by atoms with Crippen LogP contribution in [0.4, 0.5) is 5.82 Å². The Morgan fingerprint density at radius 2 is 2.05 bits per heavy atom. The Bertz CT molecular complexity index is 489. The summed E-state index contributed by atoms with van der Waals surface area (Å²) >= 11 is 6.08. The van der Waals surface area contributed by atoms with E-state index in [1.54, 1.807) is 0 Å². The number of hydrogen-bond acceptors (Lipinski definition) is 3. The molecular weight excluding hydrogens is 282 g/mol. The van der Waals surface area contributed by atoms with Gasteiger partial charge in [-0.1, -0.05) is 13.8 Å². The molecule has 116 valence electrons. The molecule has 2 aliphatic rings. The van der Waals surface area contributed by atoms with Crippen LogP contribution in [0.1, 0.15) is 50.3 Å². The quantitative estimate of drug-likeness (QED) is 0.795. The highest BCUT2D eigenvalue weighted by Crippen LogP contribution is 2.26. The fraction of sp³-hybridized carbons (Fsp3) is 0.706. The van der Waals surface area contributed by atoms with Crippen molar-refractivity contribution in [2.45, 2.75) is 50.9 Å². The minimum atomic E-state index is 0.446. The standard InChI is InChI=1S/C17H26ClN3/c1-13(2)16-9-14(11-18)10-17(19-16)21-8-4-7-20-6-3-5-15(20)12-21/h9-10,13,15H,3-8,11-12H2,1-2H3. The van der Waals surface area contributed by atoms with Crippen LogP contribution in [-0.4, -0.2) is 42.1 Å². The Hall–Kier alpha value is -0.800. The molecule has 0 saturated carbocycles. The lowest BCUT2D eigenvalue weighted by molar-refractivity contribution is 0.273. The zero-order chi connectivity index (χ0) is 14.8. The fourth-order valence-electron chi connectivity index (χ4n) is 3.54. The lowest BCUT2D eigenvalue weighted by atomic mass is 10.1. The van der Waals surface area contributed by atoms with Crippen molar-refractivity contribution in [2.75, 3.05) is 31.1 Å². The summed E-state index contributed by atoms with van der Waals surface area (Å²) in [7, 11) is 0. The van der Waals surface area contributed by atoms with Crippen molar-refractivity contribution in [3.05, 3.63) is 23.4 Å². The van der Waals surface area contributed by atoms with Gasteiger partial charge in [-0.25, -0.2) is 4.98 Å². The normalized spacial score (nSPS) is 23.4. The fourth-order valence-corrected chi connectivity index (χ4v) is 3.70. The first-order valence-corrected chi connectivity index (χ1v) is 8.76. The second-order valence-corrected chi connectivity index (χ2v) is 6.95. The second kappa shape index (κ2) is 6.53. The van der Waals surface area contributed by atoms with Gasteiger partial charge in [0.1, 0.15) is 5.82 Å². The molecule has 3 nitrogen and oxygen atoms in total. The van der Waals surface area contributed by atoms with E-state index in [2.05, 4.69) is 35.8 Å². The molecule has 0 spiro atoms. The van der Waals surface area contributed by atoms with Crippen LogP contribution < -0.4 is 4.90 Å². The summed E-state index contributed by atoms with van der Waals surface area (Å²) < 4.78 is 0. The molecule has 0 radical (unpaired) electrons. The van der Waals surface area contributed by atoms with Crippen LogP contribution in [0.2, 0.25) is 0 Å². The maximum atomic E-state index is 6.08. The molecule has 1 unspecified atom stereocenters. The molecule has 2 fully saturated rings. The Labute approximate surface area is 133 Å². The van der Waals surface area contributed by atoms with Gasteiger partial charge >= 0.3 is 0 Å². The number of nitrogens with zero attached hydrogens (tertiary/aromatic N) is 3. The van der Waals surface area contributed by atoms with Gasteiger partial charge in [0, 0.05) is 37.3 Å². The maximum Gasteiger partial charge on any atom is 0.129 e. The maximum absolute atomic E-state index is 6.08. The SMILES string of the molecule is CC(C)c1cc(CCl)cc(N2CCCN3CCCC3C2)n1. The van der Waals surface area contributed by atoms with Crippen LogP contribution in [-0.2, 0) is 5.88 Å². The smallest absolute Gasteiger partial charge is 0.129 e. The third-order valence-corrected chi connectivity index (χ3v) is 5.07. The van der Waals surface area contributed by atoms with Crippen molar-refractivity contribution >= 4 is 17.4 Å². The van der Waals surface area contributed by atoms with E-state index < -0.39 is 0 Å². The Morgan fingerprint density at radius 1 is 1.24 bits per heavy atom. The molecule has 1 aromatic heterocycles. The van der Waals surface area contributed by atoms with Gasteiger partial charge in [0.25, 0.3) is 0 Å². The first-order valence-electron chi connectivity index (χ1n) is 8.23. The van der Waals surface area contributed by atoms with Gasteiger partial charge in [0.05, 0.1) is 0 Å². The number of halogens is 1. The van der Waals surface area contributed by atoms with E-state index in [0.717, 1.165) is 30.6 Å². The first-order chi connectivity index (χ1) is 10.2. The van der Waals surface area contributed by atoms with Crippen LogP contribution in [0.3, 0.4) is 0 Å². The van der Waals surface area contributed by atoms with E-state index in [4.69, 9.17) is 16.6 Å². The Kier molecular flexibility index (Phi) is 4.70. The number of alkyl halides is 1. The van der Waals surface area contributed by atoms with Crippen LogP contribution in [0.15, 0.2) is 12.1 Å². The van der Waals surface area contributed by atoms with Gasteiger partial charge in [-0.05, 0) is 49.4 Å². The summed E-state index contributed by atoms with van der Waals surface area (Å²) in [5.41, 5.74) is 2.36. The molecule has 0 aliphatic carbocycles. The third-order valence-electron chi connectivity index (χ3n) is 4.76. The number of rotatable bonds is 3. The molecule has 2 saturated heterocycles. The molecule has 0 N–H and O–H groups in total. The zero-order valence-electron chi connectivity index (χ0n) is 13.2. The number of hydrogen-bond donors (Lipinski definition) is 0. The van der Waals surface area contributed by atoms with Crippen molar-refractivity contribution in [3.8, 4) is 0 Å². The Morgan fingerprint density at radius 3 is 2.81 bits per heavy atom. The predicted octanol–water partition coefficient (Wildman–Crippen LogP) is 3.62. The average molecular weight is 308 g/mol. The summed E-state index contributed by atoms with van der Waals surface area (Å²) in [4.78, 5) is 10.1. The van der Waals surface area contributed by atoms with E-state index in [1.807, 2.05) is 0 Å². The van der Waals surface area contributed by atoms with Gasteiger partial charge in [-0.15, -0.1) is 11.6 Å². The van der Waals surface area contributed by atoms with Gasteiger partial charge < -0.3 is 4.90 Å². The molecular formula is C17H26ClN3. The van der Waals surface area contributed by atoms with Crippen LogP contribution in [0.25, 0.3) is 0 Å². The van der Waals surface area contributed by atoms with Crippen molar-refractivity contribution < 1.29 is 0 Å². The van der Waals surface area contributed by atoms with Gasteiger partial charge in [0.2, 0.25) is 0 Å². The number of anilines is 1. The monoisotopic (exact) mass is 307 g/mol. The molecule has 0 amide bonds. The van der Waals surface area contributed by atoms with E-state index in [9.17, 15) is 0 Å². The van der Waals surface area contributed by atoms with E-state index in [1.165, 1.54) is 37.9 Å². The molecule has 0 aromatic carbocycles. The second-order valence-electron chi connectivity index (χ2n) is 6.68. The van der Waals surface area contributed by atoms with Crippen molar-refractivity contribution in [1.29, 1.82) is 0 Å². The number of fused-ring (bicyclic) bond motifs is 1. The predicted molar refractivity (Wildman–Crippen MR) is 89.3 cm³/mol. The molecule has 3 heterocycles. The van der Waals surface area contributed by atoms with Crippen molar-refractivity contribution in [1.82, 2.24) is 9.88 Å². The molecule has 3 rings (SSSR count). The zero-order valence-corrected chi connectivity index (χ0v) is 13.9. The van der Waals surface area contributed by atoms with Gasteiger partial charge in [0.15, 0.2) is 0 Å². The van der Waals surface area contributed by atoms with Crippen molar-refractivity contribution in [2.24, 2.45) is 0 Å². The highest BCUT2D eigenvalue weighted by Gasteiger charge is 2.29. The largest absolute Gasteiger partial charge is 0.355 e. The molecule has 1 atom stereocenters. The number of aromatic nitrogens is 1. The molecule has 4 heteroatoms. The summed E-state index contributed by atoms with van der Waals surface area (Å²) in [6, 6.07) is 5.06. The minimum absolute atomic E-state index is 0.446. The van der Waals surface area contributed by atoms with Crippen LogP contribution >= 0.6 is 11.6 Å². The van der Waals surface area contributed by atoms with Crippen LogP contribution in [0, 0.1) is 0 Å². The minimum Gasteiger partial charge on any atom is -0.355 e. The summed E-state index contributed by atoms with van der Waals surface area (Å²) in [6.07, 6.45) is 3.92. The summed E-state index contributed by atoms with van der Waals surface area (Å²) in [5, 5.41) is 0. The molecule has 21 heavy (non-hydrogen) atoms. The lowest BCUT2D eigenvalue weighted by Gasteiger charge is -2.27. The summed E-state index contributed by atoms with van der Waals surface area (Å²) in [6.45, 7) is 9.16. The lowest BCUT2D eigenvalue weighted by Crippen LogP contribution is -2.37. The third kappa shape index (κ3) is 3.35. The first kappa shape index (κ1) is 15.1. The van der Waals surface area contributed by atoms with Gasteiger partial charge in [-0.2, -0.15) is 0 Å². The van der Waals surface area contributed by atoms with Crippen LogP contribution in [0.5, 0.6) is 0 Å². The van der Waals surface area contributed by atoms with E-state index in [-0.39, 0.29) is 0 Å². The molecule has 1 aromatic rings. The molecule has 2 aliphatic heterocycles. The number of pyridine rings is 1. The van der Waals surface area contributed by atoms with E-state index in [0.29, 0.717) is 11.8 Å². The highest BCUT2D eigenvalue weighted by molar-refractivity contribution is 6.17. The van der Waals surface area contributed by atoms with E-state index >= 15 is 0 Å². The molecule has 0 bridgehead atoms. The van der Waals surface area contributed by atoms with Crippen molar-refractivity contribution in [3.63, 3.8) is 0 Å². The Balaban J connectivity index is 1.86.